The molecule has 1 aromatic heterocycles. The van der Waals surface area contributed by atoms with Crippen LogP contribution in [0.1, 0.15) is 5.69 Å². The molecule has 8 heteroatoms. The van der Waals surface area contributed by atoms with Gasteiger partial charge in [0.2, 0.25) is 0 Å². The van der Waals surface area contributed by atoms with Crippen LogP contribution in [-0.2, 0) is 4.79 Å². The highest BCUT2D eigenvalue weighted by molar-refractivity contribution is 6.35. The fourth-order valence-corrected chi connectivity index (χ4v) is 2.14. The van der Waals surface area contributed by atoms with Crippen molar-refractivity contribution in [2.45, 2.75) is 6.92 Å². The van der Waals surface area contributed by atoms with E-state index in [0.29, 0.717) is 34.7 Å². The molecule has 0 spiro atoms. The van der Waals surface area contributed by atoms with Gasteiger partial charge in [-0.05, 0) is 37.3 Å². The highest BCUT2D eigenvalue weighted by Crippen LogP contribution is 2.27. The van der Waals surface area contributed by atoms with Gasteiger partial charge in [0.05, 0.1) is 10.7 Å². The van der Waals surface area contributed by atoms with Crippen molar-refractivity contribution in [2.24, 2.45) is 0 Å². The predicted octanol–water partition coefficient (Wildman–Crippen LogP) is 2.70. The zero-order chi connectivity index (χ0) is 16.7. The zero-order valence-corrected chi connectivity index (χ0v) is 14.0. The number of aromatic nitrogens is 2. The number of nitrogens with zero attached hydrogens (tertiary/aromatic N) is 2. The summed E-state index contributed by atoms with van der Waals surface area (Å²) >= 11 is 11.7. The molecule has 2 rings (SSSR count). The Morgan fingerprint density at radius 1 is 1.17 bits per heavy atom. The van der Waals surface area contributed by atoms with Gasteiger partial charge >= 0.3 is 0 Å². The predicted molar refractivity (Wildman–Crippen MR) is 90.2 cm³/mol. The van der Waals surface area contributed by atoms with Crippen molar-refractivity contribution in [1.29, 1.82) is 0 Å². The molecule has 23 heavy (non-hydrogen) atoms. The van der Waals surface area contributed by atoms with Gasteiger partial charge in [-0.2, -0.15) is 5.10 Å². The fraction of sp³-hybridized carbons (Fsp3) is 0.267. The van der Waals surface area contributed by atoms with Gasteiger partial charge in [0.15, 0.2) is 6.61 Å². The zero-order valence-electron chi connectivity index (χ0n) is 12.5. The summed E-state index contributed by atoms with van der Waals surface area (Å²) in [4.78, 5) is 11.7. The van der Waals surface area contributed by atoms with Crippen LogP contribution in [0.25, 0.3) is 0 Å². The van der Waals surface area contributed by atoms with Gasteiger partial charge in [-0.15, -0.1) is 5.10 Å². The lowest BCUT2D eigenvalue weighted by Gasteiger charge is -2.09. The Labute approximate surface area is 144 Å². The van der Waals surface area contributed by atoms with Gasteiger partial charge in [0, 0.05) is 18.1 Å². The van der Waals surface area contributed by atoms with E-state index in [1.165, 1.54) is 0 Å². The molecule has 0 saturated heterocycles. The Morgan fingerprint density at radius 2 is 2.00 bits per heavy atom. The number of nitrogens with one attached hydrogen (secondary N) is 2. The molecule has 2 N–H and O–H groups in total. The number of carbonyl (C=O) groups excluding carboxylic acids is 1. The summed E-state index contributed by atoms with van der Waals surface area (Å²) in [5.74, 6) is 0.834. The minimum Gasteiger partial charge on any atom is -0.482 e. The van der Waals surface area contributed by atoms with Crippen molar-refractivity contribution in [3.63, 3.8) is 0 Å². The van der Waals surface area contributed by atoms with Crippen molar-refractivity contribution in [2.75, 3.05) is 25.0 Å². The molecule has 0 saturated carbocycles. The lowest BCUT2D eigenvalue weighted by atomic mass is 10.3. The van der Waals surface area contributed by atoms with Gasteiger partial charge in [0.25, 0.3) is 5.91 Å². The first kappa shape index (κ1) is 17.3. The molecular formula is C15H16Cl2N4O2. The standard InChI is InChI=1S/C15H16Cl2N4O2/c1-10-2-5-14(21-20-10)18-6-7-19-15(22)9-23-13-4-3-11(16)8-12(13)17/h2-5,8H,6-7,9H2,1H3,(H,18,21)(H,19,22). The number of rotatable bonds is 7. The number of hydrogen-bond donors (Lipinski definition) is 2. The number of anilines is 1. The largest absolute Gasteiger partial charge is 0.482 e. The lowest BCUT2D eigenvalue weighted by Crippen LogP contribution is -2.32. The molecule has 2 aromatic rings. The SMILES string of the molecule is Cc1ccc(NCCNC(=O)COc2ccc(Cl)cc2Cl)nn1. The second kappa shape index (κ2) is 8.55. The minimum absolute atomic E-state index is 0.119. The third-order valence-electron chi connectivity index (χ3n) is 2.80. The average Bonchev–Trinajstić information content (AvgIpc) is 2.52. The molecule has 1 aromatic carbocycles. The normalized spacial score (nSPS) is 10.2. The summed E-state index contributed by atoms with van der Waals surface area (Å²) in [5, 5.41) is 14.5. The summed E-state index contributed by atoms with van der Waals surface area (Å²) < 4.78 is 5.34. The van der Waals surface area contributed by atoms with E-state index in [1.807, 2.05) is 19.1 Å². The first-order chi connectivity index (χ1) is 11.0. The van der Waals surface area contributed by atoms with E-state index >= 15 is 0 Å². The summed E-state index contributed by atoms with van der Waals surface area (Å²) in [6, 6.07) is 8.51. The molecule has 122 valence electrons. The van der Waals surface area contributed by atoms with Crippen LogP contribution in [0.4, 0.5) is 5.82 Å². The fourth-order valence-electron chi connectivity index (χ4n) is 1.67. The number of halogens is 2. The molecule has 1 amide bonds. The van der Waals surface area contributed by atoms with Crippen LogP contribution < -0.4 is 15.4 Å². The quantitative estimate of drug-likeness (QED) is 0.747. The second-order valence-electron chi connectivity index (χ2n) is 4.70. The molecule has 0 atom stereocenters. The van der Waals surface area contributed by atoms with Gasteiger partial charge in [-0.3, -0.25) is 4.79 Å². The van der Waals surface area contributed by atoms with E-state index in [4.69, 9.17) is 27.9 Å². The molecule has 0 aliphatic rings. The monoisotopic (exact) mass is 354 g/mol. The van der Waals surface area contributed by atoms with Crippen molar-refractivity contribution in [3.05, 3.63) is 46.1 Å². The number of aryl methyl sites for hydroxylation is 1. The maximum atomic E-state index is 11.7. The Hall–Kier alpha value is -2.05. The molecule has 0 aliphatic carbocycles. The maximum Gasteiger partial charge on any atom is 0.258 e. The van der Waals surface area contributed by atoms with Crippen LogP contribution in [0.5, 0.6) is 5.75 Å². The summed E-state index contributed by atoms with van der Waals surface area (Å²) in [7, 11) is 0. The lowest BCUT2D eigenvalue weighted by molar-refractivity contribution is -0.123. The molecular weight excluding hydrogens is 339 g/mol. The van der Waals surface area contributed by atoms with Crippen LogP contribution in [0.3, 0.4) is 0 Å². The Balaban J connectivity index is 1.66. The second-order valence-corrected chi connectivity index (χ2v) is 5.54. The summed E-state index contributed by atoms with van der Waals surface area (Å²) in [6.07, 6.45) is 0. The van der Waals surface area contributed by atoms with E-state index in [1.54, 1.807) is 18.2 Å². The van der Waals surface area contributed by atoms with Gasteiger partial charge < -0.3 is 15.4 Å². The summed E-state index contributed by atoms with van der Waals surface area (Å²) in [5.41, 5.74) is 0.849. The molecule has 6 nitrogen and oxygen atoms in total. The van der Waals surface area contributed by atoms with Crippen LogP contribution in [-0.4, -0.2) is 35.8 Å². The Kier molecular flexibility index (Phi) is 6.43. The highest BCUT2D eigenvalue weighted by atomic mass is 35.5. The first-order valence-electron chi connectivity index (χ1n) is 6.93. The van der Waals surface area contributed by atoms with Crippen molar-refractivity contribution >= 4 is 34.9 Å². The van der Waals surface area contributed by atoms with Crippen molar-refractivity contribution in [3.8, 4) is 5.75 Å². The van der Waals surface area contributed by atoms with Crippen molar-refractivity contribution < 1.29 is 9.53 Å². The molecule has 0 radical (unpaired) electrons. The van der Waals surface area contributed by atoms with E-state index in [-0.39, 0.29) is 12.5 Å². The molecule has 0 unspecified atom stereocenters. The van der Waals surface area contributed by atoms with Crippen LogP contribution in [0, 0.1) is 6.92 Å². The van der Waals surface area contributed by atoms with E-state index < -0.39 is 0 Å². The smallest absolute Gasteiger partial charge is 0.258 e. The number of carbonyl (C=O) groups is 1. The third kappa shape index (κ3) is 5.92. The molecule has 0 aliphatic heterocycles. The molecule has 0 bridgehead atoms. The topological polar surface area (TPSA) is 76.1 Å². The number of hydrogen-bond acceptors (Lipinski definition) is 5. The van der Waals surface area contributed by atoms with Crippen LogP contribution >= 0.6 is 23.2 Å². The third-order valence-corrected chi connectivity index (χ3v) is 3.33. The highest BCUT2D eigenvalue weighted by Gasteiger charge is 2.06. The van der Waals surface area contributed by atoms with Crippen LogP contribution in [0.15, 0.2) is 30.3 Å². The number of benzene rings is 1. The van der Waals surface area contributed by atoms with E-state index in [0.717, 1.165) is 5.69 Å². The number of amides is 1. The Morgan fingerprint density at radius 3 is 2.70 bits per heavy atom. The van der Waals surface area contributed by atoms with Gasteiger partial charge in [0.1, 0.15) is 11.6 Å². The molecule has 1 heterocycles. The van der Waals surface area contributed by atoms with Crippen LogP contribution in [0.2, 0.25) is 10.0 Å². The number of ether oxygens (including phenoxy) is 1. The van der Waals surface area contributed by atoms with Gasteiger partial charge in [-0.1, -0.05) is 23.2 Å². The van der Waals surface area contributed by atoms with E-state index in [2.05, 4.69) is 20.8 Å². The molecule has 0 fully saturated rings. The Bertz CT molecular complexity index is 665. The average molecular weight is 355 g/mol. The van der Waals surface area contributed by atoms with Gasteiger partial charge in [-0.25, -0.2) is 0 Å². The minimum atomic E-state index is -0.243. The van der Waals surface area contributed by atoms with E-state index in [9.17, 15) is 4.79 Å². The summed E-state index contributed by atoms with van der Waals surface area (Å²) in [6.45, 7) is 2.72. The maximum absolute atomic E-state index is 11.7. The first-order valence-corrected chi connectivity index (χ1v) is 7.69. The van der Waals surface area contributed by atoms with Crippen molar-refractivity contribution in [1.82, 2.24) is 15.5 Å².